The van der Waals surface area contributed by atoms with Crippen LogP contribution >= 0.6 is 0 Å². The van der Waals surface area contributed by atoms with Crippen molar-refractivity contribution in [2.45, 2.75) is 91.5 Å². The molecule has 0 radical (unpaired) electrons. The Balaban J connectivity index is 1.39. The highest BCUT2D eigenvalue weighted by Gasteiger charge is 2.52. The van der Waals surface area contributed by atoms with Gasteiger partial charge < -0.3 is 5.73 Å². The van der Waals surface area contributed by atoms with Gasteiger partial charge in [-0.15, -0.1) is 0 Å². The Bertz CT molecular complexity index is 717. The molecular weight excluding hydrogens is 382 g/mol. The zero-order valence-electron chi connectivity index (χ0n) is 20.9. The largest absolute Gasteiger partial charge is 0.314 e. The van der Waals surface area contributed by atoms with Crippen molar-refractivity contribution in [2.24, 2.45) is 28.4 Å². The Labute approximate surface area is 190 Å². The van der Waals surface area contributed by atoms with Crippen LogP contribution in [0.1, 0.15) is 73.1 Å². The van der Waals surface area contributed by atoms with Crippen molar-refractivity contribution in [1.82, 2.24) is 20.4 Å². The van der Waals surface area contributed by atoms with Gasteiger partial charge in [0.05, 0.1) is 25.0 Å². The Kier molecular flexibility index (Phi) is 6.73. The van der Waals surface area contributed by atoms with Crippen LogP contribution in [-0.2, 0) is 0 Å². The number of hydrogen-bond donors (Lipinski definition) is 3. The fourth-order valence-corrected chi connectivity index (χ4v) is 7.39. The molecule has 5 nitrogen and oxygen atoms in total. The summed E-state index contributed by atoms with van der Waals surface area (Å²) in [5.74, 6) is 1.65. The van der Waals surface area contributed by atoms with Gasteiger partial charge in [-0.25, -0.2) is 0 Å². The first-order valence-electron chi connectivity index (χ1n) is 12.7. The van der Waals surface area contributed by atoms with Crippen molar-refractivity contribution in [1.29, 1.82) is 0 Å². The fourth-order valence-electron chi connectivity index (χ4n) is 7.39. The van der Waals surface area contributed by atoms with Crippen LogP contribution in [0.5, 0.6) is 0 Å². The van der Waals surface area contributed by atoms with Crippen LogP contribution in [0.3, 0.4) is 0 Å². The minimum absolute atomic E-state index is 0.0429. The van der Waals surface area contributed by atoms with Gasteiger partial charge in [0.1, 0.15) is 0 Å². The summed E-state index contributed by atoms with van der Waals surface area (Å²) in [7, 11) is 2.19. The molecule has 2 aliphatic carbocycles. The lowest BCUT2D eigenvalue weighted by Gasteiger charge is -2.58. The highest BCUT2D eigenvalue weighted by atomic mass is 15.5. The maximum Gasteiger partial charge on any atom is 0.0809 e. The molecule has 5 heteroatoms. The molecule has 4 rings (SSSR count). The fraction of sp³-hybridized carbons (Fsp3) is 0.846. The number of allylic oxidation sites excluding steroid dienone is 3. The summed E-state index contributed by atoms with van der Waals surface area (Å²) in [5, 5.41) is 6.95. The van der Waals surface area contributed by atoms with Gasteiger partial charge in [0.15, 0.2) is 0 Å². The summed E-state index contributed by atoms with van der Waals surface area (Å²) < 4.78 is 0. The monoisotopic (exact) mass is 429 g/mol. The van der Waals surface area contributed by atoms with Crippen LogP contribution in [0.4, 0.5) is 0 Å². The van der Waals surface area contributed by atoms with Crippen LogP contribution in [0.2, 0.25) is 0 Å². The zero-order valence-corrected chi connectivity index (χ0v) is 20.9. The quantitative estimate of drug-likeness (QED) is 0.580. The summed E-state index contributed by atoms with van der Waals surface area (Å²) >= 11 is 0. The summed E-state index contributed by atoms with van der Waals surface area (Å²) in [4.78, 5) is 4.91. The zero-order chi connectivity index (χ0) is 22.4. The molecule has 0 bridgehead atoms. The maximum absolute atomic E-state index is 6.32. The van der Waals surface area contributed by atoms with E-state index in [4.69, 9.17) is 5.73 Å². The van der Waals surface area contributed by atoms with E-state index in [2.05, 4.69) is 74.3 Å². The number of fused-ring (bicyclic) bond motifs is 2. The van der Waals surface area contributed by atoms with E-state index in [0.717, 1.165) is 31.7 Å². The Morgan fingerprint density at radius 3 is 2.84 bits per heavy atom. The predicted octanol–water partition coefficient (Wildman–Crippen LogP) is 3.85. The van der Waals surface area contributed by atoms with E-state index in [9.17, 15) is 0 Å². The molecule has 2 aliphatic heterocycles. The second-order valence-corrected chi connectivity index (χ2v) is 11.6. The summed E-state index contributed by atoms with van der Waals surface area (Å²) in [5.41, 5.74) is 10.4. The molecule has 3 unspecified atom stereocenters. The number of likely N-dealkylation sites (N-methyl/N-ethyl adjacent to an activating group) is 1. The van der Waals surface area contributed by atoms with E-state index < -0.39 is 0 Å². The van der Waals surface area contributed by atoms with Gasteiger partial charge in [-0.2, -0.15) is 0 Å². The molecule has 2 heterocycles. The third-order valence-corrected chi connectivity index (χ3v) is 9.97. The van der Waals surface area contributed by atoms with E-state index in [0.29, 0.717) is 23.0 Å². The average molecular weight is 430 g/mol. The van der Waals surface area contributed by atoms with Gasteiger partial charge >= 0.3 is 0 Å². The van der Waals surface area contributed by atoms with Crippen LogP contribution in [-0.4, -0.2) is 55.1 Å². The van der Waals surface area contributed by atoms with Crippen molar-refractivity contribution in [3.05, 3.63) is 23.3 Å². The predicted molar refractivity (Wildman–Crippen MR) is 130 cm³/mol. The van der Waals surface area contributed by atoms with Gasteiger partial charge in [0.2, 0.25) is 0 Å². The van der Waals surface area contributed by atoms with Crippen molar-refractivity contribution in [3.8, 4) is 0 Å². The highest BCUT2D eigenvalue weighted by molar-refractivity contribution is 5.21. The van der Waals surface area contributed by atoms with Crippen LogP contribution in [0, 0.1) is 22.7 Å². The molecule has 1 saturated carbocycles. The van der Waals surface area contributed by atoms with Crippen molar-refractivity contribution < 1.29 is 0 Å². The molecule has 0 aromatic heterocycles. The molecule has 7 atom stereocenters. The molecule has 0 amide bonds. The second-order valence-electron chi connectivity index (χ2n) is 11.6. The minimum Gasteiger partial charge on any atom is -0.314 e. The molecule has 2 saturated heterocycles. The summed E-state index contributed by atoms with van der Waals surface area (Å²) in [6.07, 6.45) is 13.3. The third kappa shape index (κ3) is 4.17. The van der Waals surface area contributed by atoms with E-state index in [1.54, 1.807) is 11.1 Å². The van der Waals surface area contributed by atoms with Gasteiger partial charge in [-0.3, -0.25) is 20.4 Å². The van der Waals surface area contributed by atoms with E-state index in [1.807, 2.05) is 0 Å². The topological polar surface area (TPSA) is 56.6 Å². The lowest BCUT2D eigenvalue weighted by molar-refractivity contribution is -0.0466. The molecule has 176 valence electrons. The van der Waals surface area contributed by atoms with E-state index in [-0.39, 0.29) is 6.17 Å². The molecule has 0 aromatic carbocycles. The standard InChI is InChI=1S/C26H47N5/c1-18(12-15-31-17-30(6)22-23(27)28-16-29-24(22)31)10-13-25(4)20(3)11-14-26(5)19(2)8-7-9-21(25)26/h8,12,20-24,28-29H,7,9-11,13-17,27H2,1-6H3/t20-,21-,22?,23?,24?,25+,26+/m1/s1. The van der Waals surface area contributed by atoms with Crippen LogP contribution in [0.15, 0.2) is 23.3 Å². The van der Waals surface area contributed by atoms with Crippen molar-refractivity contribution in [3.63, 3.8) is 0 Å². The van der Waals surface area contributed by atoms with Crippen molar-refractivity contribution in [2.75, 3.05) is 26.9 Å². The lowest BCUT2D eigenvalue weighted by atomic mass is 9.47. The summed E-state index contributed by atoms with van der Waals surface area (Å²) in [6.45, 7) is 15.2. The molecular formula is C26H47N5. The molecule has 4 aliphatic rings. The molecule has 0 spiro atoms. The number of hydrogen-bond acceptors (Lipinski definition) is 5. The Morgan fingerprint density at radius 2 is 2.06 bits per heavy atom. The Hall–Kier alpha value is -0.720. The van der Waals surface area contributed by atoms with Gasteiger partial charge in [-0.1, -0.05) is 44.1 Å². The first kappa shape index (κ1) is 23.4. The first-order valence-corrected chi connectivity index (χ1v) is 12.7. The smallest absolute Gasteiger partial charge is 0.0809 e. The van der Waals surface area contributed by atoms with E-state index in [1.165, 1.54) is 38.5 Å². The lowest BCUT2D eigenvalue weighted by Crippen LogP contribution is -2.67. The van der Waals surface area contributed by atoms with Crippen LogP contribution in [0.25, 0.3) is 0 Å². The second kappa shape index (κ2) is 8.90. The SMILES string of the molecule is CC(=CCN1CN(C)C2C(N)NCNC21)CC[C@@]1(C)[C@H](C)CC[C@@]2(C)C(C)=CCC[C@H]12. The van der Waals surface area contributed by atoms with E-state index >= 15 is 0 Å². The van der Waals surface area contributed by atoms with Gasteiger partial charge in [0.25, 0.3) is 0 Å². The van der Waals surface area contributed by atoms with Crippen LogP contribution < -0.4 is 16.4 Å². The number of nitrogens with zero attached hydrogens (tertiary/aromatic N) is 2. The Morgan fingerprint density at radius 1 is 1.29 bits per heavy atom. The first-order chi connectivity index (χ1) is 14.7. The maximum atomic E-state index is 6.32. The number of rotatable bonds is 5. The van der Waals surface area contributed by atoms with Gasteiger partial charge in [-0.05, 0) is 82.1 Å². The highest BCUT2D eigenvalue weighted by Crippen LogP contribution is 2.61. The summed E-state index contributed by atoms with van der Waals surface area (Å²) in [6, 6.07) is 0.338. The third-order valence-electron chi connectivity index (χ3n) is 9.97. The average Bonchev–Trinajstić information content (AvgIpc) is 3.07. The number of nitrogens with one attached hydrogen (secondary N) is 2. The minimum atomic E-state index is 0.0429. The number of nitrogens with two attached hydrogens (primary N) is 1. The van der Waals surface area contributed by atoms with Crippen molar-refractivity contribution >= 4 is 0 Å². The normalized spacial score (nSPS) is 44.7. The molecule has 4 N–H and O–H groups in total. The molecule has 3 fully saturated rings. The molecule has 31 heavy (non-hydrogen) atoms. The van der Waals surface area contributed by atoms with Gasteiger partial charge in [0, 0.05) is 13.2 Å². The molecule has 0 aromatic rings.